The van der Waals surface area contributed by atoms with Crippen molar-refractivity contribution in [3.63, 3.8) is 0 Å². The van der Waals surface area contributed by atoms with Crippen molar-refractivity contribution in [3.8, 4) is 0 Å². The number of pyridine rings is 1. The summed E-state index contributed by atoms with van der Waals surface area (Å²) in [5.41, 5.74) is 3.60. The molecule has 0 radical (unpaired) electrons. The molecule has 0 aliphatic heterocycles. The van der Waals surface area contributed by atoms with E-state index in [9.17, 15) is 4.79 Å². The molecule has 0 fully saturated rings. The SMILES string of the molecule is C=C(C)CC(C)(Cc1ccccc1)C(=O)Cc1cnc2c(Br)cccc2c1. The highest BCUT2D eigenvalue weighted by Crippen LogP contribution is 2.33. The van der Waals surface area contributed by atoms with Crippen LogP contribution in [0.5, 0.6) is 0 Å². The van der Waals surface area contributed by atoms with Gasteiger partial charge in [0.2, 0.25) is 0 Å². The lowest BCUT2D eigenvalue weighted by molar-refractivity contribution is -0.127. The van der Waals surface area contributed by atoms with E-state index < -0.39 is 5.41 Å². The predicted octanol–water partition coefficient (Wildman–Crippen LogP) is 6.32. The molecule has 2 aromatic carbocycles. The van der Waals surface area contributed by atoms with Gasteiger partial charge in [-0.05, 0) is 59.0 Å². The second-order valence-electron chi connectivity index (χ2n) is 7.61. The first-order chi connectivity index (χ1) is 12.9. The maximum atomic E-state index is 13.3. The zero-order chi connectivity index (χ0) is 19.4. The van der Waals surface area contributed by atoms with Gasteiger partial charge < -0.3 is 0 Å². The Hall–Kier alpha value is -2.26. The number of carbonyl (C=O) groups is 1. The van der Waals surface area contributed by atoms with Crippen LogP contribution in [0.4, 0.5) is 0 Å². The van der Waals surface area contributed by atoms with E-state index >= 15 is 0 Å². The summed E-state index contributed by atoms with van der Waals surface area (Å²) >= 11 is 3.53. The van der Waals surface area contributed by atoms with Crippen LogP contribution in [0.2, 0.25) is 0 Å². The highest BCUT2D eigenvalue weighted by Gasteiger charge is 2.33. The molecule has 0 saturated carbocycles. The molecule has 0 aliphatic rings. The number of hydrogen-bond acceptors (Lipinski definition) is 2. The lowest BCUT2D eigenvalue weighted by atomic mass is 9.73. The van der Waals surface area contributed by atoms with Gasteiger partial charge in [0.25, 0.3) is 0 Å². The van der Waals surface area contributed by atoms with Gasteiger partial charge >= 0.3 is 0 Å². The number of para-hydroxylation sites is 1. The molecular formula is C24H24BrNO. The van der Waals surface area contributed by atoms with Crippen LogP contribution in [0.25, 0.3) is 10.9 Å². The lowest BCUT2D eigenvalue weighted by Crippen LogP contribution is -2.32. The first-order valence-electron chi connectivity index (χ1n) is 9.12. The number of rotatable bonds is 7. The summed E-state index contributed by atoms with van der Waals surface area (Å²) in [6.45, 7) is 8.10. The number of benzene rings is 2. The van der Waals surface area contributed by atoms with Crippen molar-refractivity contribution in [2.75, 3.05) is 0 Å². The summed E-state index contributed by atoms with van der Waals surface area (Å²) in [5.74, 6) is 0.227. The van der Waals surface area contributed by atoms with E-state index in [1.807, 2.05) is 49.5 Å². The molecule has 0 amide bonds. The average molecular weight is 422 g/mol. The van der Waals surface area contributed by atoms with Crippen molar-refractivity contribution in [1.82, 2.24) is 4.98 Å². The van der Waals surface area contributed by atoms with Crippen molar-refractivity contribution in [1.29, 1.82) is 0 Å². The van der Waals surface area contributed by atoms with E-state index in [0.29, 0.717) is 19.3 Å². The molecule has 3 rings (SSSR count). The molecule has 27 heavy (non-hydrogen) atoms. The fraction of sp³-hybridized carbons (Fsp3) is 0.250. The maximum Gasteiger partial charge on any atom is 0.143 e. The molecular weight excluding hydrogens is 398 g/mol. The molecule has 1 aromatic heterocycles. The number of allylic oxidation sites excluding steroid dienone is 1. The Labute approximate surface area is 169 Å². The van der Waals surface area contributed by atoms with E-state index in [-0.39, 0.29) is 5.78 Å². The van der Waals surface area contributed by atoms with Crippen LogP contribution in [0.15, 0.2) is 77.4 Å². The first-order valence-corrected chi connectivity index (χ1v) is 9.91. The Morgan fingerprint density at radius 3 is 2.56 bits per heavy atom. The summed E-state index contributed by atoms with van der Waals surface area (Å²) < 4.78 is 0.967. The normalized spacial score (nSPS) is 13.3. The van der Waals surface area contributed by atoms with Crippen molar-refractivity contribution in [2.24, 2.45) is 5.41 Å². The standard InChI is InChI=1S/C24H24BrNO/c1-17(2)14-24(3,15-18-8-5-4-6-9-18)22(27)13-19-12-20-10-7-11-21(25)23(20)26-16-19/h4-12,16H,1,13-15H2,2-3H3. The van der Waals surface area contributed by atoms with Crippen LogP contribution in [0.1, 0.15) is 31.4 Å². The first kappa shape index (κ1) is 19.5. The fourth-order valence-corrected chi connectivity index (χ4v) is 4.12. The van der Waals surface area contributed by atoms with Crippen molar-refractivity contribution in [3.05, 3.63) is 88.5 Å². The van der Waals surface area contributed by atoms with Gasteiger partial charge in [-0.25, -0.2) is 0 Å². The lowest BCUT2D eigenvalue weighted by Gasteiger charge is -2.29. The molecule has 1 heterocycles. The van der Waals surface area contributed by atoms with Crippen LogP contribution >= 0.6 is 15.9 Å². The third-order valence-electron chi connectivity index (χ3n) is 4.89. The van der Waals surface area contributed by atoms with Gasteiger partial charge in [-0.15, -0.1) is 6.58 Å². The summed E-state index contributed by atoms with van der Waals surface area (Å²) in [6.07, 6.45) is 3.60. The number of ketones is 1. The van der Waals surface area contributed by atoms with E-state index in [2.05, 4.69) is 52.6 Å². The smallest absolute Gasteiger partial charge is 0.143 e. The van der Waals surface area contributed by atoms with Gasteiger partial charge in [0.1, 0.15) is 5.78 Å². The zero-order valence-corrected chi connectivity index (χ0v) is 17.4. The monoisotopic (exact) mass is 421 g/mol. The van der Waals surface area contributed by atoms with Gasteiger partial charge in [-0.1, -0.05) is 55.0 Å². The number of aromatic nitrogens is 1. The highest BCUT2D eigenvalue weighted by molar-refractivity contribution is 9.10. The van der Waals surface area contributed by atoms with Crippen LogP contribution in [0.3, 0.4) is 0 Å². The number of Topliss-reactive ketones (excluding diaryl/α,β-unsaturated/α-hetero) is 1. The molecule has 0 bridgehead atoms. The molecule has 1 atom stereocenters. The number of hydrogen-bond donors (Lipinski definition) is 0. The molecule has 0 N–H and O–H groups in total. The predicted molar refractivity (Wildman–Crippen MR) is 116 cm³/mol. The molecule has 1 unspecified atom stereocenters. The van der Waals surface area contributed by atoms with Gasteiger partial charge in [0.05, 0.1) is 5.52 Å². The van der Waals surface area contributed by atoms with Crippen molar-refractivity contribution in [2.45, 2.75) is 33.1 Å². The minimum atomic E-state index is -0.473. The Balaban J connectivity index is 1.86. The van der Waals surface area contributed by atoms with Crippen molar-refractivity contribution >= 4 is 32.6 Å². The fourth-order valence-electron chi connectivity index (χ4n) is 3.64. The average Bonchev–Trinajstić information content (AvgIpc) is 2.62. The summed E-state index contributed by atoms with van der Waals surface area (Å²) in [7, 11) is 0. The van der Waals surface area contributed by atoms with Crippen LogP contribution in [-0.4, -0.2) is 10.8 Å². The quantitative estimate of drug-likeness (QED) is 0.417. The minimum absolute atomic E-state index is 0.227. The highest BCUT2D eigenvalue weighted by atomic mass is 79.9. The summed E-state index contributed by atoms with van der Waals surface area (Å²) in [4.78, 5) is 17.8. The molecule has 138 valence electrons. The van der Waals surface area contributed by atoms with Gasteiger partial charge in [-0.3, -0.25) is 9.78 Å². The van der Waals surface area contributed by atoms with Crippen LogP contribution in [-0.2, 0) is 17.6 Å². The van der Waals surface area contributed by atoms with E-state index in [0.717, 1.165) is 26.5 Å². The maximum absolute atomic E-state index is 13.3. The third kappa shape index (κ3) is 4.72. The second kappa shape index (κ2) is 8.18. The number of halogens is 1. The Kier molecular flexibility index (Phi) is 5.91. The van der Waals surface area contributed by atoms with E-state index in [1.165, 1.54) is 5.56 Å². The molecule has 3 heteroatoms. The van der Waals surface area contributed by atoms with E-state index in [4.69, 9.17) is 0 Å². The third-order valence-corrected chi connectivity index (χ3v) is 5.53. The summed E-state index contributed by atoms with van der Waals surface area (Å²) in [5, 5.41) is 1.04. The molecule has 3 aromatic rings. The summed E-state index contributed by atoms with van der Waals surface area (Å²) in [6, 6.07) is 18.3. The van der Waals surface area contributed by atoms with Crippen LogP contribution < -0.4 is 0 Å². The number of nitrogens with zero attached hydrogens (tertiary/aromatic N) is 1. The Morgan fingerprint density at radius 2 is 1.85 bits per heavy atom. The zero-order valence-electron chi connectivity index (χ0n) is 15.8. The van der Waals surface area contributed by atoms with Gasteiger partial charge in [0.15, 0.2) is 0 Å². The van der Waals surface area contributed by atoms with Crippen molar-refractivity contribution < 1.29 is 4.79 Å². The van der Waals surface area contributed by atoms with Crippen LogP contribution in [0, 0.1) is 5.41 Å². The second-order valence-corrected chi connectivity index (χ2v) is 8.47. The minimum Gasteiger partial charge on any atom is -0.299 e. The number of fused-ring (bicyclic) bond motifs is 1. The van der Waals surface area contributed by atoms with Gasteiger partial charge in [0, 0.05) is 27.9 Å². The van der Waals surface area contributed by atoms with E-state index in [1.54, 1.807) is 0 Å². The topological polar surface area (TPSA) is 30.0 Å². The Morgan fingerprint density at radius 1 is 1.11 bits per heavy atom. The Bertz CT molecular complexity index is 980. The molecule has 2 nitrogen and oxygen atoms in total. The molecule has 0 aliphatic carbocycles. The molecule has 0 saturated heterocycles. The molecule has 0 spiro atoms. The van der Waals surface area contributed by atoms with Gasteiger partial charge in [-0.2, -0.15) is 0 Å². The number of carbonyl (C=O) groups excluding carboxylic acids is 1. The largest absolute Gasteiger partial charge is 0.299 e.